The number of benzene rings is 1. The highest BCUT2D eigenvalue weighted by atomic mass is 16.5. The third-order valence-electron chi connectivity index (χ3n) is 3.42. The fourth-order valence-corrected chi connectivity index (χ4v) is 2.49. The average molecular weight is 264 g/mol. The molecule has 2 N–H and O–H groups in total. The van der Waals surface area contributed by atoms with E-state index in [-0.39, 0.29) is 0 Å². The van der Waals surface area contributed by atoms with E-state index in [1.165, 1.54) is 6.42 Å². The van der Waals surface area contributed by atoms with Gasteiger partial charge >= 0.3 is 0 Å². The van der Waals surface area contributed by atoms with E-state index in [1.807, 2.05) is 19.1 Å². The van der Waals surface area contributed by atoms with Crippen molar-refractivity contribution in [3.8, 4) is 5.75 Å². The van der Waals surface area contributed by atoms with Crippen LogP contribution >= 0.6 is 0 Å². The Kier molecular flexibility index (Phi) is 4.91. The van der Waals surface area contributed by atoms with Gasteiger partial charge in [0, 0.05) is 43.2 Å². The number of rotatable bonds is 6. The lowest BCUT2D eigenvalue weighted by Crippen LogP contribution is -2.32. The van der Waals surface area contributed by atoms with Gasteiger partial charge in [0.1, 0.15) is 5.75 Å². The Morgan fingerprint density at radius 2 is 2.21 bits per heavy atom. The number of nitrogens with two attached hydrogens (primary N) is 1. The minimum Gasteiger partial charge on any atom is -0.494 e. The Morgan fingerprint density at radius 1 is 1.37 bits per heavy atom. The summed E-state index contributed by atoms with van der Waals surface area (Å²) in [6.45, 7) is 7.54. The number of nitrogen functional groups attached to an aromatic ring is 1. The predicted octanol–water partition coefficient (Wildman–Crippen LogP) is 2.67. The molecule has 4 heteroatoms. The molecule has 1 aromatic carbocycles. The molecule has 0 aromatic heterocycles. The number of nitrogens with zero attached hydrogens (tertiary/aromatic N) is 1. The monoisotopic (exact) mass is 264 g/mol. The summed E-state index contributed by atoms with van der Waals surface area (Å²) in [6.07, 6.45) is 2.66. The van der Waals surface area contributed by atoms with Crippen LogP contribution in [0.4, 0.5) is 11.4 Å². The zero-order valence-electron chi connectivity index (χ0n) is 11.9. The number of hydrogen-bond donors (Lipinski definition) is 1. The van der Waals surface area contributed by atoms with Crippen molar-refractivity contribution in [2.24, 2.45) is 0 Å². The first-order valence-electron chi connectivity index (χ1n) is 7.12. The smallest absolute Gasteiger partial charge is 0.123 e. The Labute approximate surface area is 115 Å². The van der Waals surface area contributed by atoms with E-state index in [4.69, 9.17) is 15.2 Å². The molecular weight excluding hydrogens is 240 g/mol. The molecule has 19 heavy (non-hydrogen) atoms. The van der Waals surface area contributed by atoms with Crippen LogP contribution in [-0.2, 0) is 4.74 Å². The SMILES string of the molecule is CCOc1cc(N)cc(N(CC)CC2CCCO2)c1. The maximum atomic E-state index is 5.95. The molecule has 1 aliphatic rings. The van der Waals surface area contributed by atoms with Crippen molar-refractivity contribution >= 4 is 11.4 Å². The molecular formula is C15H24N2O2. The highest BCUT2D eigenvalue weighted by Crippen LogP contribution is 2.27. The summed E-state index contributed by atoms with van der Waals surface area (Å²) in [5.41, 5.74) is 7.81. The van der Waals surface area contributed by atoms with Gasteiger partial charge in [0.15, 0.2) is 0 Å². The summed E-state index contributed by atoms with van der Waals surface area (Å²) in [5, 5.41) is 0. The van der Waals surface area contributed by atoms with Crippen molar-refractivity contribution < 1.29 is 9.47 Å². The van der Waals surface area contributed by atoms with E-state index in [1.54, 1.807) is 0 Å². The number of ether oxygens (including phenoxy) is 2. The van der Waals surface area contributed by atoms with Gasteiger partial charge in [0.25, 0.3) is 0 Å². The Balaban J connectivity index is 2.11. The number of likely N-dealkylation sites (N-methyl/N-ethyl adjacent to an activating group) is 1. The molecule has 1 aliphatic heterocycles. The highest BCUT2D eigenvalue weighted by molar-refractivity contribution is 5.60. The van der Waals surface area contributed by atoms with Crippen LogP contribution in [0.1, 0.15) is 26.7 Å². The van der Waals surface area contributed by atoms with Gasteiger partial charge in [-0.2, -0.15) is 0 Å². The summed E-state index contributed by atoms with van der Waals surface area (Å²) in [6, 6.07) is 5.92. The quantitative estimate of drug-likeness (QED) is 0.802. The van der Waals surface area contributed by atoms with Crippen LogP contribution in [-0.4, -0.2) is 32.4 Å². The van der Waals surface area contributed by atoms with Crippen LogP contribution in [0.25, 0.3) is 0 Å². The fourth-order valence-electron chi connectivity index (χ4n) is 2.49. The van der Waals surface area contributed by atoms with Crippen LogP contribution in [0.2, 0.25) is 0 Å². The van der Waals surface area contributed by atoms with Gasteiger partial charge < -0.3 is 20.1 Å². The Hall–Kier alpha value is -1.42. The molecule has 1 aromatic rings. The van der Waals surface area contributed by atoms with E-state index in [0.717, 1.165) is 43.2 Å². The standard InChI is InChI=1S/C15H24N2O2/c1-3-17(11-14-6-5-7-19-14)13-8-12(16)9-15(10-13)18-4-2/h8-10,14H,3-7,11,16H2,1-2H3. The minimum atomic E-state index is 0.344. The van der Waals surface area contributed by atoms with Gasteiger partial charge in [-0.25, -0.2) is 0 Å². The third-order valence-corrected chi connectivity index (χ3v) is 3.42. The Bertz CT molecular complexity index is 403. The summed E-state index contributed by atoms with van der Waals surface area (Å²) < 4.78 is 11.3. The van der Waals surface area contributed by atoms with Crippen LogP contribution in [0.15, 0.2) is 18.2 Å². The van der Waals surface area contributed by atoms with Crippen LogP contribution < -0.4 is 15.4 Å². The van der Waals surface area contributed by atoms with Crippen molar-refractivity contribution in [1.29, 1.82) is 0 Å². The average Bonchev–Trinajstić information content (AvgIpc) is 2.88. The third kappa shape index (κ3) is 3.77. The second-order valence-electron chi connectivity index (χ2n) is 4.87. The molecule has 4 nitrogen and oxygen atoms in total. The van der Waals surface area contributed by atoms with Gasteiger partial charge in [-0.15, -0.1) is 0 Å². The zero-order chi connectivity index (χ0) is 13.7. The molecule has 0 spiro atoms. The number of anilines is 2. The van der Waals surface area contributed by atoms with Crippen LogP contribution in [0.3, 0.4) is 0 Å². The van der Waals surface area contributed by atoms with Crippen LogP contribution in [0.5, 0.6) is 5.75 Å². The minimum absolute atomic E-state index is 0.344. The molecule has 1 atom stereocenters. The molecule has 0 saturated carbocycles. The molecule has 0 bridgehead atoms. The van der Waals surface area contributed by atoms with Crippen molar-refractivity contribution in [2.75, 3.05) is 36.9 Å². The van der Waals surface area contributed by atoms with Gasteiger partial charge in [-0.1, -0.05) is 0 Å². The topological polar surface area (TPSA) is 47.7 Å². The summed E-state index contributed by atoms with van der Waals surface area (Å²) in [7, 11) is 0. The Morgan fingerprint density at radius 3 is 2.84 bits per heavy atom. The molecule has 2 rings (SSSR count). The maximum Gasteiger partial charge on any atom is 0.123 e. The lowest BCUT2D eigenvalue weighted by atomic mass is 10.2. The maximum absolute atomic E-state index is 5.95. The van der Waals surface area contributed by atoms with Gasteiger partial charge in [-0.3, -0.25) is 0 Å². The lowest BCUT2D eigenvalue weighted by molar-refractivity contribution is 0.115. The molecule has 106 valence electrons. The van der Waals surface area contributed by atoms with Gasteiger partial charge in [0.2, 0.25) is 0 Å². The predicted molar refractivity (Wildman–Crippen MR) is 78.9 cm³/mol. The molecule has 1 heterocycles. The lowest BCUT2D eigenvalue weighted by Gasteiger charge is -2.26. The second-order valence-corrected chi connectivity index (χ2v) is 4.87. The van der Waals surface area contributed by atoms with E-state index in [2.05, 4.69) is 17.9 Å². The molecule has 0 aliphatic carbocycles. The first kappa shape index (κ1) is 14.0. The number of hydrogen-bond acceptors (Lipinski definition) is 4. The second kappa shape index (κ2) is 6.66. The molecule has 0 amide bonds. The zero-order valence-corrected chi connectivity index (χ0v) is 11.9. The first-order chi connectivity index (χ1) is 9.22. The van der Waals surface area contributed by atoms with Crippen LogP contribution in [0, 0.1) is 0 Å². The van der Waals surface area contributed by atoms with E-state index < -0.39 is 0 Å². The van der Waals surface area contributed by atoms with Gasteiger partial charge in [0.05, 0.1) is 12.7 Å². The first-order valence-corrected chi connectivity index (χ1v) is 7.12. The molecule has 1 unspecified atom stereocenters. The molecule has 1 saturated heterocycles. The molecule has 1 fully saturated rings. The van der Waals surface area contributed by atoms with Crippen molar-refractivity contribution in [1.82, 2.24) is 0 Å². The van der Waals surface area contributed by atoms with Crippen molar-refractivity contribution in [2.45, 2.75) is 32.8 Å². The van der Waals surface area contributed by atoms with Crippen molar-refractivity contribution in [3.63, 3.8) is 0 Å². The fraction of sp³-hybridized carbons (Fsp3) is 0.600. The van der Waals surface area contributed by atoms with Gasteiger partial charge in [-0.05, 0) is 32.8 Å². The summed E-state index contributed by atoms with van der Waals surface area (Å²) >= 11 is 0. The van der Waals surface area contributed by atoms with E-state index in [0.29, 0.717) is 12.7 Å². The van der Waals surface area contributed by atoms with E-state index in [9.17, 15) is 0 Å². The highest BCUT2D eigenvalue weighted by Gasteiger charge is 2.19. The largest absolute Gasteiger partial charge is 0.494 e. The molecule has 0 radical (unpaired) electrons. The summed E-state index contributed by atoms with van der Waals surface area (Å²) in [5.74, 6) is 0.836. The normalized spacial score (nSPS) is 18.5. The van der Waals surface area contributed by atoms with Crippen molar-refractivity contribution in [3.05, 3.63) is 18.2 Å². The van der Waals surface area contributed by atoms with E-state index >= 15 is 0 Å². The summed E-state index contributed by atoms with van der Waals surface area (Å²) in [4.78, 5) is 2.30.